The molecule has 0 radical (unpaired) electrons. The smallest absolute Gasteiger partial charge is 0.467 e. The van der Waals surface area contributed by atoms with E-state index in [-0.39, 0.29) is 12.8 Å². The van der Waals surface area contributed by atoms with Crippen LogP contribution in [0.2, 0.25) is 0 Å². The maximum absolute atomic E-state index is 11.9. The molecule has 0 unspecified atom stereocenters. The molecule has 1 atom stereocenters. The van der Waals surface area contributed by atoms with Crippen molar-refractivity contribution in [2.24, 2.45) is 0 Å². The van der Waals surface area contributed by atoms with E-state index in [0.29, 0.717) is 6.29 Å². The monoisotopic (exact) mass is 241 g/mol. The van der Waals surface area contributed by atoms with Gasteiger partial charge in [0, 0.05) is 6.42 Å². The summed E-state index contributed by atoms with van der Waals surface area (Å²) in [6, 6.07) is -1.47. The van der Waals surface area contributed by atoms with Gasteiger partial charge in [-0.25, -0.2) is 4.79 Å². The molecule has 5 nitrogen and oxygen atoms in total. The van der Waals surface area contributed by atoms with Crippen molar-refractivity contribution in [1.29, 1.82) is 0 Å². The van der Waals surface area contributed by atoms with E-state index >= 15 is 0 Å². The lowest BCUT2D eigenvalue weighted by Crippen LogP contribution is -2.47. The summed E-state index contributed by atoms with van der Waals surface area (Å²) in [6.07, 6.45) is -5.04. The van der Waals surface area contributed by atoms with Gasteiger partial charge in [0.1, 0.15) is 12.3 Å². The Morgan fingerprint density at radius 3 is 2.38 bits per heavy atom. The van der Waals surface area contributed by atoms with Gasteiger partial charge in [-0.15, -0.1) is 0 Å². The molecule has 0 bridgehead atoms. The number of methoxy groups -OCH3 is 1. The summed E-state index contributed by atoms with van der Waals surface area (Å²) >= 11 is 0. The van der Waals surface area contributed by atoms with Crippen LogP contribution < -0.4 is 5.32 Å². The van der Waals surface area contributed by atoms with Crippen molar-refractivity contribution in [2.75, 3.05) is 7.11 Å². The lowest BCUT2D eigenvalue weighted by molar-refractivity contribution is -0.175. The van der Waals surface area contributed by atoms with E-state index in [9.17, 15) is 27.6 Å². The number of carbonyl (C=O) groups excluding carboxylic acids is 3. The SMILES string of the molecule is COC(=O)[C@H](CCC=O)NC(=O)C(F)(F)F. The van der Waals surface area contributed by atoms with E-state index in [1.54, 1.807) is 0 Å². The van der Waals surface area contributed by atoms with Crippen LogP contribution in [0.3, 0.4) is 0 Å². The third-order valence-corrected chi connectivity index (χ3v) is 1.62. The minimum atomic E-state index is -5.08. The lowest BCUT2D eigenvalue weighted by Gasteiger charge is -2.16. The summed E-state index contributed by atoms with van der Waals surface area (Å²) in [5, 5.41) is 1.45. The summed E-state index contributed by atoms with van der Waals surface area (Å²) in [4.78, 5) is 31.5. The number of carbonyl (C=O) groups is 3. The topological polar surface area (TPSA) is 72.5 Å². The highest BCUT2D eigenvalue weighted by Crippen LogP contribution is 2.15. The predicted octanol–water partition coefficient (Wildman–Crippen LogP) is 0.186. The number of amides is 1. The van der Waals surface area contributed by atoms with Crippen LogP contribution in [0.25, 0.3) is 0 Å². The zero-order chi connectivity index (χ0) is 12.8. The van der Waals surface area contributed by atoms with Crippen molar-refractivity contribution in [3.8, 4) is 0 Å². The van der Waals surface area contributed by atoms with Gasteiger partial charge in [-0.05, 0) is 6.42 Å². The quantitative estimate of drug-likeness (QED) is 0.550. The van der Waals surface area contributed by atoms with Crippen LogP contribution in [0.5, 0.6) is 0 Å². The molecule has 92 valence electrons. The van der Waals surface area contributed by atoms with Crippen LogP contribution in [0.1, 0.15) is 12.8 Å². The number of alkyl halides is 3. The number of esters is 1. The van der Waals surface area contributed by atoms with E-state index in [4.69, 9.17) is 0 Å². The fourth-order valence-electron chi connectivity index (χ4n) is 0.866. The molecule has 0 heterocycles. The van der Waals surface area contributed by atoms with E-state index in [2.05, 4.69) is 4.74 Å². The Morgan fingerprint density at radius 2 is 2.00 bits per heavy atom. The molecule has 1 amide bonds. The Kier molecular flexibility index (Phi) is 5.48. The Morgan fingerprint density at radius 1 is 1.44 bits per heavy atom. The number of hydrogen-bond acceptors (Lipinski definition) is 4. The highest BCUT2D eigenvalue weighted by atomic mass is 19.4. The van der Waals surface area contributed by atoms with Crippen LogP contribution in [0, 0.1) is 0 Å². The molecule has 0 aliphatic rings. The van der Waals surface area contributed by atoms with Gasteiger partial charge in [-0.1, -0.05) is 0 Å². The van der Waals surface area contributed by atoms with Crippen molar-refractivity contribution in [1.82, 2.24) is 5.32 Å². The van der Waals surface area contributed by atoms with Gasteiger partial charge in [0.2, 0.25) is 0 Å². The normalized spacial score (nSPS) is 12.8. The van der Waals surface area contributed by atoms with Crippen molar-refractivity contribution in [2.45, 2.75) is 25.1 Å². The largest absolute Gasteiger partial charge is 0.471 e. The van der Waals surface area contributed by atoms with Gasteiger partial charge < -0.3 is 14.8 Å². The number of nitrogens with one attached hydrogen (secondary N) is 1. The van der Waals surface area contributed by atoms with Crippen LogP contribution in [-0.2, 0) is 19.1 Å². The molecular weight excluding hydrogens is 231 g/mol. The Hall–Kier alpha value is -1.60. The number of ether oxygens (including phenoxy) is 1. The maximum Gasteiger partial charge on any atom is 0.471 e. The average Bonchev–Trinajstić information content (AvgIpc) is 2.21. The van der Waals surface area contributed by atoms with Crippen molar-refractivity contribution in [3.63, 3.8) is 0 Å². The van der Waals surface area contributed by atoms with Crippen molar-refractivity contribution in [3.05, 3.63) is 0 Å². The van der Waals surface area contributed by atoms with Crippen molar-refractivity contribution < 1.29 is 32.3 Å². The number of halogens is 3. The van der Waals surface area contributed by atoms with Gasteiger partial charge in [-0.2, -0.15) is 13.2 Å². The molecule has 0 aromatic heterocycles. The molecular formula is C8H10F3NO4. The second-order valence-corrected chi connectivity index (χ2v) is 2.79. The molecule has 0 rings (SSSR count). The summed E-state index contributed by atoms with van der Waals surface area (Å²) < 4.78 is 39.8. The van der Waals surface area contributed by atoms with E-state index < -0.39 is 24.1 Å². The fraction of sp³-hybridized carbons (Fsp3) is 0.625. The van der Waals surface area contributed by atoms with Gasteiger partial charge in [0.05, 0.1) is 7.11 Å². The molecule has 0 aliphatic heterocycles. The molecule has 0 aliphatic carbocycles. The van der Waals surface area contributed by atoms with E-state index in [0.717, 1.165) is 7.11 Å². The molecule has 0 aromatic carbocycles. The maximum atomic E-state index is 11.9. The molecule has 0 saturated heterocycles. The first-order chi connectivity index (χ1) is 7.32. The van der Waals surface area contributed by atoms with E-state index in [1.165, 1.54) is 5.32 Å². The highest BCUT2D eigenvalue weighted by Gasteiger charge is 2.40. The fourth-order valence-corrected chi connectivity index (χ4v) is 0.866. The summed E-state index contributed by atoms with van der Waals surface area (Å²) in [7, 11) is 0.968. The minimum absolute atomic E-state index is 0.155. The first-order valence-electron chi connectivity index (χ1n) is 4.22. The Bertz CT molecular complexity index is 277. The number of hydrogen-bond donors (Lipinski definition) is 1. The second kappa shape index (κ2) is 6.09. The van der Waals surface area contributed by atoms with Crippen LogP contribution in [0.4, 0.5) is 13.2 Å². The van der Waals surface area contributed by atoms with Crippen LogP contribution >= 0.6 is 0 Å². The number of rotatable bonds is 5. The Labute approximate surface area is 88.9 Å². The minimum Gasteiger partial charge on any atom is -0.467 e. The molecule has 0 saturated carbocycles. The zero-order valence-corrected chi connectivity index (χ0v) is 8.34. The molecule has 16 heavy (non-hydrogen) atoms. The van der Waals surface area contributed by atoms with Crippen LogP contribution in [0.15, 0.2) is 0 Å². The van der Waals surface area contributed by atoms with Gasteiger partial charge in [-0.3, -0.25) is 4.79 Å². The van der Waals surface area contributed by atoms with Gasteiger partial charge in [0.15, 0.2) is 0 Å². The standard InChI is InChI=1S/C8H10F3NO4/c1-16-6(14)5(3-2-4-13)12-7(15)8(9,10)11/h4-5H,2-3H2,1H3,(H,12,15)/t5-/m0/s1. The van der Waals surface area contributed by atoms with Crippen LogP contribution in [-0.4, -0.2) is 37.5 Å². The molecule has 0 spiro atoms. The second-order valence-electron chi connectivity index (χ2n) is 2.79. The molecule has 0 aromatic rings. The first-order valence-corrected chi connectivity index (χ1v) is 4.22. The third-order valence-electron chi connectivity index (χ3n) is 1.62. The zero-order valence-electron chi connectivity index (χ0n) is 8.34. The van der Waals surface area contributed by atoms with Gasteiger partial charge in [0.25, 0.3) is 0 Å². The molecule has 8 heteroatoms. The lowest BCUT2D eigenvalue weighted by atomic mass is 10.1. The summed E-state index contributed by atoms with van der Waals surface area (Å²) in [5.41, 5.74) is 0. The summed E-state index contributed by atoms with van der Waals surface area (Å²) in [5.74, 6) is -3.27. The number of aldehydes is 1. The Balaban J connectivity index is 4.48. The first kappa shape index (κ1) is 14.4. The predicted molar refractivity (Wildman–Crippen MR) is 45.3 cm³/mol. The average molecular weight is 241 g/mol. The molecule has 0 fully saturated rings. The third kappa shape index (κ3) is 4.76. The summed E-state index contributed by atoms with van der Waals surface area (Å²) in [6.45, 7) is 0. The van der Waals surface area contributed by atoms with Crippen molar-refractivity contribution >= 4 is 18.2 Å². The molecule has 1 N–H and O–H groups in total. The van der Waals surface area contributed by atoms with E-state index in [1.807, 2.05) is 0 Å². The van der Waals surface area contributed by atoms with Gasteiger partial charge >= 0.3 is 18.1 Å². The highest BCUT2D eigenvalue weighted by molar-refractivity contribution is 5.87.